The summed E-state index contributed by atoms with van der Waals surface area (Å²) in [5, 5.41) is 10.6. The minimum Gasteiger partial charge on any atom is -0.462 e. The van der Waals surface area contributed by atoms with Gasteiger partial charge in [-0.05, 0) is 69.1 Å². The first-order valence-corrected chi connectivity index (χ1v) is 39.2. The molecule has 90 heavy (non-hydrogen) atoms. The van der Waals surface area contributed by atoms with Crippen molar-refractivity contribution in [1.29, 1.82) is 0 Å². The number of phosphoric acid groups is 2. The first-order valence-electron chi connectivity index (χ1n) is 36.2. The van der Waals surface area contributed by atoms with Crippen molar-refractivity contribution in [2.45, 2.75) is 349 Å². The van der Waals surface area contributed by atoms with Crippen LogP contribution < -0.4 is 0 Å². The number of hydrogen-bond acceptors (Lipinski definition) is 15. The topological polar surface area (TPSA) is 237 Å². The minimum atomic E-state index is -4.96. The number of allylic oxidation sites excluding steroid dienone is 4. The molecule has 0 aliphatic carbocycles. The van der Waals surface area contributed by atoms with Crippen LogP contribution in [0.15, 0.2) is 24.3 Å². The molecule has 0 aromatic heterocycles. The van der Waals surface area contributed by atoms with Crippen LogP contribution in [0.5, 0.6) is 0 Å². The van der Waals surface area contributed by atoms with Crippen LogP contribution in [0.4, 0.5) is 0 Å². The van der Waals surface area contributed by atoms with Crippen LogP contribution in [0.25, 0.3) is 0 Å². The Balaban J connectivity index is 5.30. The zero-order valence-corrected chi connectivity index (χ0v) is 59.9. The smallest absolute Gasteiger partial charge is 0.462 e. The number of ether oxygens (including phenoxy) is 4. The standard InChI is InChI=1S/C71H134O17P2/c1-8-10-11-12-13-14-15-16-17-18-19-24-32-40-47-54-70(75)87-66(58-81-68(73)52-45-38-31-23-21-20-22-30-37-44-51-64(7)9-2)60-85-89(77,78)83-56-65(72)57-84-90(79,80)86-61-67(59-82-69(74)53-46-39-34-27-29-36-43-50-63(5)6)88-71(76)55-48-41-33-26-25-28-35-42-49-62(3)4/h14-17,62-67,72H,8-13,18-61H2,1-7H3,(H,77,78)(H,79,80)/b15-14-,17-16-/t64?,65?,66-,67-/m1/s1. The van der Waals surface area contributed by atoms with E-state index in [1.165, 1.54) is 122 Å². The van der Waals surface area contributed by atoms with Crippen LogP contribution in [0.1, 0.15) is 331 Å². The second kappa shape index (κ2) is 61.4. The molecule has 4 unspecified atom stereocenters. The molecule has 0 saturated heterocycles. The number of esters is 4. The zero-order chi connectivity index (χ0) is 66.6. The lowest BCUT2D eigenvalue weighted by atomic mass is 9.99. The predicted molar refractivity (Wildman–Crippen MR) is 363 cm³/mol. The number of rotatable bonds is 67. The van der Waals surface area contributed by atoms with Gasteiger partial charge in [-0.25, -0.2) is 9.13 Å². The molecular formula is C71H134O17P2. The number of phosphoric ester groups is 2. The lowest BCUT2D eigenvalue weighted by Gasteiger charge is -2.21. The average molecular weight is 1320 g/mol. The number of hydrogen-bond donors (Lipinski definition) is 3. The summed E-state index contributed by atoms with van der Waals surface area (Å²) in [7, 11) is -9.92. The van der Waals surface area contributed by atoms with Gasteiger partial charge in [-0.3, -0.25) is 37.3 Å². The lowest BCUT2D eigenvalue weighted by molar-refractivity contribution is -0.161. The van der Waals surface area contributed by atoms with Crippen molar-refractivity contribution in [2.24, 2.45) is 17.8 Å². The molecule has 0 fully saturated rings. The Bertz CT molecular complexity index is 1860. The Labute approximate surface area is 548 Å². The summed E-state index contributed by atoms with van der Waals surface area (Å²) in [6.45, 7) is 11.7. The lowest BCUT2D eigenvalue weighted by Crippen LogP contribution is -2.30. The third-order valence-electron chi connectivity index (χ3n) is 16.1. The molecule has 0 amide bonds. The molecule has 0 aliphatic rings. The van der Waals surface area contributed by atoms with Gasteiger partial charge in [-0.2, -0.15) is 0 Å². The Morgan fingerprint density at radius 1 is 0.367 bits per heavy atom. The highest BCUT2D eigenvalue weighted by molar-refractivity contribution is 7.47. The van der Waals surface area contributed by atoms with E-state index < -0.39 is 97.5 Å². The summed E-state index contributed by atoms with van der Waals surface area (Å²) in [6.07, 6.45) is 48.1. The highest BCUT2D eigenvalue weighted by Crippen LogP contribution is 2.45. The van der Waals surface area contributed by atoms with E-state index in [1.807, 2.05) is 0 Å². The molecule has 0 bridgehead atoms. The number of unbranched alkanes of at least 4 members (excludes halogenated alkanes) is 31. The van der Waals surface area contributed by atoms with Crippen molar-refractivity contribution in [3.8, 4) is 0 Å². The maximum atomic E-state index is 13.0. The summed E-state index contributed by atoms with van der Waals surface area (Å²) in [5.41, 5.74) is 0. The zero-order valence-electron chi connectivity index (χ0n) is 58.1. The molecule has 0 radical (unpaired) electrons. The summed E-state index contributed by atoms with van der Waals surface area (Å²) >= 11 is 0. The number of carbonyl (C=O) groups is 4. The molecule has 0 aromatic rings. The van der Waals surface area contributed by atoms with Gasteiger partial charge in [0.25, 0.3) is 0 Å². The maximum Gasteiger partial charge on any atom is 0.472 e. The molecule has 0 heterocycles. The van der Waals surface area contributed by atoms with Gasteiger partial charge in [0.15, 0.2) is 12.2 Å². The van der Waals surface area contributed by atoms with Gasteiger partial charge in [-0.1, -0.05) is 278 Å². The second-order valence-corrected chi connectivity index (χ2v) is 29.0. The van der Waals surface area contributed by atoms with Gasteiger partial charge in [0.2, 0.25) is 0 Å². The monoisotopic (exact) mass is 1320 g/mol. The van der Waals surface area contributed by atoms with Gasteiger partial charge in [0, 0.05) is 25.7 Å². The van der Waals surface area contributed by atoms with Gasteiger partial charge >= 0.3 is 39.5 Å². The van der Waals surface area contributed by atoms with Gasteiger partial charge in [0.1, 0.15) is 19.3 Å². The van der Waals surface area contributed by atoms with Gasteiger partial charge < -0.3 is 33.8 Å². The molecule has 17 nitrogen and oxygen atoms in total. The van der Waals surface area contributed by atoms with Crippen LogP contribution in [-0.2, 0) is 65.4 Å². The fraction of sp³-hybridized carbons (Fsp3) is 0.887. The summed E-state index contributed by atoms with van der Waals surface area (Å²) < 4.78 is 68.2. The van der Waals surface area contributed by atoms with Crippen LogP contribution in [0, 0.1) is 17.8 Å². The van der Waals surface area contributed by atoms with E-state index in [4.69, 9.17) is 37.0 Å². The molecule has 530 valence electrons. The predicted octanol–water partition coefficient (Wildman–Crippen LogP) is 19.8. The molecule has 0 spiro atoms. The van der Waals surface area contributed by atoms with Crippen molar-refractivity contribution < 1.29 is 80.2 Å². The number of aliphatic hydroxyl groups excluding tert-OH is 1. The maximum absolute atomic E-state index is 13.0. The highest BCUT2D eigenvalue weighted by Gasteiger charge is 2.30. The van der Waals surface area contributed by atoms with E-state index in [0.29, 0.717) is 37.5 Å². The first kappa shape index (κ1) is 87.5. The van der Waals surface area contributed by atoms with E-state index in [9.17, 15) is 43.2 Å². The van der Waals surface area contributed by atoms with Crippen molar-refractivity contribution in [3.63, 3.8) is 0 Å². The van der Waals surface area contributed by atoms with E-state index in [0.717, 1.165) is 115 Å². The molecule has 0 rings (SSSR count). The van der Waals surface area contributed by atoms with Crippen molar-refractivity contribution in [2.75, 3.05) is 39.6 Å². The molecule has 3 N–H and O–H groups in total. The van der Waals surface area contributed by atoms with Crippen molar-refractivity contribution in [3.05, 3.63) is 24.3 Å². The van der Waals surface area contributed by atoms with Crippen LogP contribution in [-0.4, -0.2) is 96.7 Å². The largest absolute Gasteiger partial charge is 0.472 e. The molecule has 0 aromatic carbocycles. The highest BCUT2D eigenvalue weighted by atomic mass is 31.2. The summed E-state index contributed by atoms with van der Waals surface area (Å²) in [6, 6.07) is 0. The third-order valence-corrected chi connectivity index (χ3v) is 18.0. The first-order chi connectivity index (χ1) is 43.3. The summed E-state index contributed by atoms with van der Waals surface area (Å²) in [5.74, 6) is 0.0687. The molecule has 0 saturated carbocycles. The number of aliphatic hydroxyl groups is 1. The minimum absolute atomic E-state index is 0.0843. The van der Waals surface area contributed by atoms with Gasteiger partial charge in [-0.15, -0.1) is 0 Å². The molecule has 19 heteroatoms. The molecular weight excluding hydrogens is 1190 g/mol. The molecule has 6 atom stereocenters. The molecule has 0 aliphatic heterocycles. The normalized spacial score (nSPS) is 14.7. The quantitative estimate of drug-likeness (QED) is 0.0169. The van der Waals surface area contributed by atoms with Crippen LogP contribution >= 0.6 is 15.6 Å². The fourth-order valence-corrected chi connectivity index (χ4v) is 11.7. The second-order valence-electron chi connectivity index (χ2n) is 26.1. The average Bonchev–Trinajstić information content (AvgIpc) is 3.60. The Morgan fingerprint density at radius 2 is 0.656 bits per heavy atom. The summed E-state index contributed by atoms with van der Waals surface area (Å²) in [4.78, 5) is 72.5. The van der Waals surface area contributed by atoms with Crippen molar-refractivity contribution in [1.82, 2.24) is 0 Å². The van der Waals surface area contributed by atoms with Gasteiger partial charge in [0.05, 0.1) is 26.4 Å². The Morgan fingerprint density at radius 3 is 0.989 bits per heavy atom. The van der Waals surface area contributed by atoms with E-state index in [1.54, 1.807) is 0 Å². The Hall–Kier alpha value is -2.46. The van der Waals surface area contributed by atoms with Crippen molar-refractivity contribution >= 4 is 39.5 Å². The fourth-order valence-electron chi connectivity index (χ4n) is 10.1. The van der Waals surface area contributed by atoms with Crippen LogP contribution in [0.3, 0.4) is 0 Å². The Kier molecular flexibility index (Phi) is 59.7. The van der Waals surface area contributed by atoms with E-state index >= 15 is 0 Å². The SMILES string of the molecule is CCCCCC/C=C\C=C/CCCCCCCC(=O)O[C@H](COC(=O)CCCCCCCCCCCCC(C)CC)COP(=O)(O)OCC(O)COP(=O)(O)OC[C@@H](COC(=O)CCCCCCCCCC(C)C)OC(=O)CCCCCCCCCCC(C)C. The third kappa shape index (κ3) is 63.0. The van der Waals surface area contributed by atoms with E-state index in [2.05, 4.69) is 72.8 Å². The van der Waals surface area contributed by atoms with E-state index in [-0.39, 0.29) is 25.7 Å². The van der Waals surface area contributed by atoms with Crippen LogP contribution in [0.2, 0.25) is 0 Å². The number of carbonyl (C=O) groups excluding carboxylic acids is 4.